The summed E-state index contributed by atoms with van der Waals surface area (Å²) in [6.07, 6.45) is 30.3. The Labute approximate surface area is 284 Å². The number of aliphatic carboxylic acids is 1. The fourth-order valence-corrected chi connectivity index (χ4v) is 6.12. The van der Waals surface area contributed by atoms with Gasteiger partial charge in [-0.15, -0.1) is 0 Å². The van der Waals surface area contributed by atoms with Crippen LogP contribution < -0.4 is 5.32 Å². The van der Waals surface area contributed by atoms with Crippen molar-refractivity contribution in [1.29, 1.82) is 0 Å². The summed E-state index contributed by atoms with van der Waals surface area (Å²) in [6, 6.07) is -1.54. The first-order valence-corrected chi connectivity index (χ1v) is 20.0. The Bertz CT molecular complexity index is 828. The van der Waals surface area contributed by atoms with Gasteiger partial charge in [0.1, 0.15) is 12.7 Å². The number of amides is 1. The highest BCUT2D eigenvalue weighted by Gasteiger charge is 2.28. The molecule has 0 spiro atoms. The normalized spacial score (nSPS) is 14.0. The van der Waals surface area contributed by atoms with Gasteiger partial charge in [-0.2, -0.15) is 0 Å². The smallest absolute Gasteiger partial charge is 0.472 e. The summed E-state index contributed by atoms with van der Waals surface area (Å²) >= 11 is 0. The molecule has 0 aliphatic heterocycles. The SMILES string of the molecule is CCCCCCCCCCCCCCCCCCCCCCCCCCC(=O)OCC(O)COP(=O)(O)OCC(NC(C)=O)C(=O)O. The quantitative estimate of drug-likeness (QED) is 0.0287. The van der Waals surface area contributed by atoms with Crippen molar-refractivity contribution in [2.45, 2.75) is 187 Å². The maximum atomic E-state index is 11.9. The molecule has 0 aromatic rings. The number of hydrogen-bond donors (Lipinski definition) is 4. The minimum absolute atomic E-state index is 0.230. The van der Waals surface area contributed by atoms with E-state index in [1.165, 1.54) is 128 Å². The van der Waals surface area contributed by atoms with Crippen LogP contribution in [0.15, 0.2) is 0 Å². The highest BCUT2D eigenvalue weighted by molar-refractivity contribution is 7.47. The molecule has 1 amide bonds. The third-order valence-corrected chi connectivity index (χ3v) is 9.13. The number of phosphoric ester groups is 1. The molecule has 4 N–H and O–H groups in total. The van der Waals surface area contributed by atoms with Crippen molar-refractivity contribution >= 4 is 25.7 Å². The number of carboxylic acids is 1. The zero-order valence-corrected chi connectivity index (χ0v) is 30.5. The van der Waals surface area contributed by atoms with E-state index in [0.29, 0.717) is 6.42 Å². The third kappa shape index (κ3) is 32.8. The highest BCUT2D eigenvalue weighted by atomic mass is 31.2. The van der Waals surface area contributed by atoms with Gasteiger partial charge in [0.05, 0.1) is 13.2 Å². The Hall–Kier alpha value is -1.52. The van der Waals surface area contributed by atoms with Crippen LogP contribution in [0.25, 0.3) is 0 Å². The number of aliphatic hydroxyl groups excluding tert-OH is 1. The maximum absolute atomic E-state index is 11.9. The number of carbonyl (C=O) groups is 3. The average molecular weight is 694 g/mol. The number of rotatable bonds is 35. The molecule has 278 valence electrons. The van der Waals surface area contributed by atoms with Crippen molar-refractivity contribution in [1.82, 2.24) is 5.32 Å². The lowest BCUT2D eigenvalue weighted by molar-refractivity contribution is -0.147. The van der Waals surface area contributed by atoms with Crippen LogP contribution in [0.5, 0.6) is 0 Å². The molecule has 47 heavy (non-hydrogen) atoms. The maximum Gasteiger partial charge on any atom is 0.472 e. The zero-order chi connectivity index (χ0) is 35.0. The molecule has 12 heteroatoms. The molecule has 0 radical (unpaired) electrons. The van der Waals surface area contributed by atoms with E-state index in [1.807, 2.05) is 5.32 Å². The summed E-state index contributed by atoms with van der Waals surface area (Å²) in [5, 5.41) is 20.9. The number of unbranched alkanes of at least 4 members (excludes halogenated alkanes) is 23. The largest absolute Gasteiger partial charge is 0.480 e. The molecule has 0 saturated carbocycles. The standard InChI is InChI=1S/C35H68NO10P/c1-3-4-5-6-7-8-9-10-11-12-13-14-15-16-17-18-19-20-21-22-23-24-25-26-27-34(39)44-28-32(38)29-45-47(42,43)46-30-33(35(40)41)36-31(2)37/h32-33,38H,3-30H2,1-2H3,(H,36,37)(H,40,41)(H,42,43). The lowest BCUT2D eigenvalue weighted by Crippen LogP contribution is -2.42. The first kappa shape index (κ1) is 45.5. The van der Waals surface area contributed by atoms with Crippen molar-refractivity contribution < 1.29 is 47.8 Å². The van der Waals surface area contributed by atoms with Crippen LogP contribution in [0.1, 0.15) is 174 Å². The molecule has 3 unspecified atom stereocenters. The summed E-state index contributed by atoms with van der Waals surface area (Å²) in [7, 11) is -4.70. The topological polar surface area (TPSA) is 169 Å². The van der Waals surface area contributed by atoms with E-state index in [0.717, 1.165) is 26.2 Å². The van der Waals surface area contributed by atoms with Crippen LogP contribution in [-0.4, -0.2) is 64.9 Å². The van der Waals surface area contributed by atoms with Gasteiger partial charge in [0.25, 0.3) is 0 Å². The minimum atomic E-state index is -4.70. The Kier molecular flexibility index (Phi) is 30.7. The van der Waals surface area contributed by atoms with E-state index in [9.17, 15) is 28.9 Å². The fraction of sp³-hybridized carbons (Fsp3) is 0.914. The van der Waals surface area contributed by atoms with Gasteiger partial charge in [0.15, 0.2) is 6.04 Å². The Morgan fingerprint density at radius 2 is 0.979 bits per heavy atom. The number of aliphatic hydroxyl groups is 1. The summed E-state index contributed by atoms with van der Waals surface area (Å²) < 4.78 is 26.0. The van der Waals surface area contributed by atoms with Crippen molar-refractivity contribution in [3.05, 3.63) is 0 Å². The molecule has 0 aromatic carbocycles. The summed E-state index contributed by atoms with van der Waals surface area (Å²) in [5.41, 5.74) is 0. The summed E-state index contributed by atoms with van der Waals surface area (Å²) in [4.78, 5) is 43.6. The third-order valence-electron chi connectivity index (χ3n) is 8.18. The minimum Gasteiger partial charge on any atom is -0.480 e. The first-order chi connectivity index (χ1) is 22.6. The molecule has 0 saturated heterocycles. The number of nitrogens with one attached hydrogen (secondary N) is 1. The van der Waals surface area contributed by atoms with Crippen LogP contribution in [-0.2, 0) is 32.7 Å². The van der Waals surface area contributed by atoms with Crippen LogP contribution in [0.3, 0.4) is 0 Å². The molecule has 0 aliphatic carbocycles. The molecular formula is C35H68NO10P. The van der Waals surface area contributed by atoms with Crippen LogP contribution in [0, 0.1) is 0 Å². The van der Waals surface area contributed by atoms with Crippen molar-refractivity contribution in [3.8, 4) is 0 Å². The second-order valence-corrected chi connectivity index (χ2v) is 14.3. The van der Waals surface area contributed by atoms with Gasteiger partial charge in [-0.05, 0) is 6.42 Å². The number of carbonyl (C=O) groups excluding carboxylic acids is 2. The molecule has 11 nitrogen and oxygen atoms in total. The van der Waals surface area contributed by atoms with Crippen molar-refractivity contribution in [3.63, 3.8) is 0 Å². The molecule has 0 rings (SSSR count). The summed E-state index contributed by atoms with van der Waals surface area (Å²) in [6.45, 7) is 1.47. The van der Waals surface area contributed by atoms with Crippen LogP contribution >= 0.6 is 7.82 Å². The molecule has 0 heterocycles. The van der Waals surface area contributed by atoms with E-state index in [2.05, 4.69) is 16.0 Å². The lowest BCUT2D eigenvalue weighted by Gasteiger charge is -2.18. The molecule has 0 aromatic heterocycles. The van der Waals surface area contributed by atoms with E-state index in [1.54, 1.807) is 0 Å². The summed E-state index contributed by atoms with van der Waals surface area (Å²) in [5.74, 6) is -2.58. The fourth-order valence-electron chi connectivity index (χ4n) is 5.35. The second kappa shape index (κ2) is 31.7. The monoisotopic (exact) mass is 693 g/mol. The Balaban J connectivity index is 3.50. The molecule has 3 atom stereocenters. The number of hydrogen-bond acceptors (Lipinski definition) is 8. The van der Waals surface area contributed by atoms with Gasteiger partial charge in [-0.1, -0.05) is 155 Å². The number of carboxylic acid groups (broad SMARTS) is 1. The Morgan fingerprint density at radius 3 is 1.34 bits per heavy atom. The zero-order valence-electron chi connectivity index (χ0n) is 29.6. The van der Waals surface area contributed by atoms with Crippen molar-refractivity contribution in [2.75, 3.05) is 19.8 Å². The van der Waals surface area contributed by atoms with Gasteiger partial charge in [0.2, 0.25) is 5.91 Å². The average Bonchev–Trinajstić information content (AvgIpc) is 3.02. The number of esters is 1. The van der Waals surface area contributed by atoms with E-state index >= 15 is 0 Å². The number of ether oxygens (including phenoxy) is 1. The molecule has 0 aliphatic rings. The van der Waals surface area contributed by atoms with E-state index < -0.39 is 57.6 Å². The molecular weight excluding hydrogens is 625 g/mol. The van der Waals surface area contributed by atoms with Crippen LogP contribution in [0.4, 0.5) is 0 Å². The molecule has 0 fully saturated rings. The first-order valence-electron chi connectivity index (χ1n) is 18.5. The van der Waals surface area contributed by atoms with Gasteiger partial charge in [-0.25, -0.2) is 9.36 Å². The van der Waals surface area contributed by atoms with Crippen molar-refractivity contribution in [2.24, 2.45) is 0 Å². The lowest BCUT2D eigenvalue weighted by atomic mass is 10.0. The van der Waals surface area contributed by atoms with E-state index in [-0.39, 0.29) is 6.42 Å². The highest BCUT2D eigenvalue weighted by Crippen LogP contribution is 2.43. The second-order valence-electron chi connectivity index (χ2n) is 12.9. The Morgan fingerprint density at radius 1 is 0.617 bits per heavy atom. The van der Waals surface area contributed by atoms with Gasteiger partial charge in [-0.3, -0.25) is 18.6 Å². The van der Waals surface area contributed by atoms with Gasteiger partial charge >= 0.3 is 19.8 Å². The van der Waals surface area contributed by atoms with Crippen LogP contribution in [0.2, 0.25) is 0 Å². The van der Waals surface area contributed by atoms with Gasteiger partial charge in [0, 0.05) is 13.3 Å². The number of phosphoric acid groups is 1. The predicted molar refractivity (Wildman–Crippen MR) is 185 cm³/mol. The van der Waals surface area contributed by atoms with E-state index in [4.69, 9.17) is 9.84 Å². The van der Waals surface area contributed by atoms with Gasteiger partial charge < -0.3 is 25.2 Å². The predicted octanol–water partition coefficient (Wildman–Crippen LogP) is 8.39. The molecule has 0 bridgehead atoms.